The van der Waals surface area contributed by atoms with Gasteiger partial charge in [-0.3, -0.25) is 4.98 Å². The maximum atomic E-state index is 10.3. The van der Waals surface area contributed by atoms with E-state index in [2.05, 4.69) is 49.3 Å². The van der Waals surface area contributed by atoms with Crippen LogP contribution in [0.2, 0.25) is 0 Å². The minimum Gasteiger partial charge on any atom is -0.393 e. The zero-order valence-corrected chi connectivity index (χ0v) is 17.2. The van der Waals surface area contributed by atoms with E-state index in [1.54, 1.807) is 11.1 Å². The second-order valence-electron chi connectivity index (χ2n) is 9.60. The molecule has 1 fully saturated rings. The Morgan fingerprint density at radius 2 is 1.96 bits per heavy atom. The first kappa shape index (κ1) is 17.9. The molecule has 0 radical (unpaired) electrons. The van der Waals surface area contributed by atoms with Crippen LogP contribution >= 0.6 is 0 Å². The standard InChI is InChI=1S/C25H30N2O/c1-16-8-11-26-15-23(16)27-18-5-7-20-17(12-18)4-6-21-22-13-19(28)14-24(22,2)9-10-25(20,21)3/h5,7-8,11-12,15,19,27-28H,4,6,9-10,13-14H2,1-3H3/t19-,24-,25-/m0/s1. The molecule has 3 nitrogen and oxygen atoms in total. The van der Waals surface area contributed by atoms with Crippen molar-refractivity contribution in [2.24, 2.45) is 5.41 Å². The number of fused-ring (bicyclic) bond motifs is 4. The monoisotopic (exact) mass is 374 g/mol. The molecular formula is C25H30N2O. The van der Waals surface area contributed by atoms with Crippen LogP contribution in [-0.4, -0.2) is 16.2 Å². The number of allylic oxidation sites excluding steroid dienone is 1. The smallest absolute Gasteiger partial charge is 0.0600 e. The molecule has 0 bridgehead atoms. The van der Waals surface area contributed by atoms with Crippen LogP contribution in [0.3, 0.4) is 0 Å². The number of aryl methyl sites for hydroxylation is 2. The number of hydrogen-bond donors (Lipinski definition) is 2. The largest absolute Gasteiger partial charge is 0.393 e. The third-order valence-corrected chi connectivity index (χ3v) is 7.72. The van der Waals surface area contributed by atoms with E-state index in [4.69, 9.17) is 0 Å². The summed E-state index contributed by atoms with van der Waals surface area (Å²) >= 11 is 0. The quantitative estimate of drug-likeness (QED) is 0.674. The lowest BCUT2D eigenvalue weighted by Crippen LogP contribution is -2.38. The Kier molecular flexibility index (Phi) is 3.96. The molecule has 0 saturated heterocycles. The predicted molar refractivity (Wildman–Crippen MR) is 114 cm³/mol. The van der Waals surface area contributed by atoms with Gasteiger partial charge in [-0.2, -0.15) is 0 Å². The van der Waals surface area contributed by atoms with E-state index in [0.717, 1.165) is 37.1 Å². The summed E-state index contributed by atoms with van der Waals surface area (Å²) in [6, 6.07) is 8.94. The second-order valence-corrected chi connectivity index (χ2v) is 9.60. The summed E-state index contributed by atoms with van der Waals surface area (Å²) in [6.45, 7) is 6.93. The van der Waals surface area contributed by atoms with Crippen LogP contribution in [0.25, 0.3) is 0 Å². The number of aliphatic hydroxyl groups excluding tert-OH is 1. The fraction of sp³-hybridized carbons (Fsp3) is 0.480. The van der Waals surface area contributed by atoms with Crippen molar-refractivity contribution >= 4 is 11.4 Å². The number of nitrogens with one attached hydrogen (secondary N) is 1. The molecule has 5 rings (SSSR count). The molecule has 3 aliphatic rings. The first-order chi connectivity index (χ1) is 13.4. The van der Waals surface area contributed by atoms with Gasteiger partial charge in [0.05, 0.1) is 18.0 Å². The van der Waals surface area contributed by atoms with Crippen LogP contribution in [0.4, 0.5) is 11.4 Å². The Hall–Kier alpha value is -2.13. The molecule has 1 aromatic heterocycles. The zero-order valence-electron chi connectivity index (χ0n) is 17.2. The van der Waals surface area contributed by atoms with Gasteiger partial charge in [0, 0.05) is 17.3 Å². The van der Waals surface area contributed by atoms with E-state index in [0.29, 0.717) is 0 Å². The van der Waals surface area contributed by atoms with Gasteiger partial charge >= 0.3 is 0 Å². The van der Waals surface area contributed by atoms with Crippen LogP contribution in [0.5, 0.6) is 0 Å². The van der Waals surface area contributed by atoms with Gasteiger partial charge < -0.3 is 10.4 Å². The van der Waals surface area contributed by atoms with Crippen molar-refractivity contribution in [3.05, 3.63) is 64.5 Å². The van der Waals surface area contributed by atoms with E-state index in [1.165, 1.54) is 29.5 Å². The molecule has 28 heavy (non-hydrogen) atoms. The fourth-order valence-electron chi connectivity index (χ4n) is 6.10. The molecule has 1 aromatic carbocycles. The Labute approximate surface area is 167 Å². The van der Waals surface area contributed by atoms with Crippen molar-refractivity contribution in [1.29, 1.82) is 0 Å². The highest BCUT2D eigenvalue weighted by atomic mass is 16.3. The molecule has 0 amide bonds. The number of anilines is 2. The first-order valence-electron chi connectivity index (χ1n) is 10.6. The molecule has 0 unspecified atom stereocenters. The Morgan fingerprint density at radius 1 is 1.11 bits per heavy atom. The number of nitrogens with zero attached hydrogens (tertiary/aromatic N) is 1. The molecule has 2 N–H and O–H groups in total. The predicted octanol–water partition coefficient (Wildman–Crippen LogP) is 5.59. The van der Waals surface area contributed by atoms with Gasteiger partial charge in [0.15, 0.2) is 0 Å². The summed E-state index contributed by atoms with van der Waals surface area (Å²) in [7, 11) is 0. The molecule has 1 saturated carbocycles. The highest BCUT2D eigenvalue weighted by Crippen LogP contribution is 2.59. The van der Waals surface area contributed by atoms with Crippen LogP contribution in [0.1, 0.15) is 62.6 Å². The van der Waals surface area contributed by atoms with E-state index in [1.807, 2.05) is 18.5 Å². The molecule has 1 heterocycles. The van der Waals surface area contributed by atoms with Crippen molar-refractivity contribution in [2.75, 3.05) is 5.32 Å². The van der Waals surface area contributed by atoms with E-state index < -0.39 is 0 Å². The van der Waals surface area contributed by atoms with Crippen molar-refractivity contribution in [3.63, 3.8) is 0 Å². The molecule has 3 heteroatoms. The normalized spacial score (nSPS) is 31.2. The summed E-state index contributed by atoms with van der Waals surface area (Å²) in [5.74, 6) is 0. The van der Waals surface area contributed by atoms with Crippen LogP contribution in [0.15, 0.2) is 47.8 Å². The highest BCUT2D eigenvalue weighted by Gasteiger charge is 2.50. The van der Waals surface area contributed by atoms with Gasteiger partial charge in [-0.05, 0) is 85.8 Å². The molecular weight excluding hydrogens is 344 g/mol. The number of aromatic nitrogens is 1. The summed E-state index contributed by atoms with van der Waals surface area (Å²) in [6.07, 6.45) is 10.0. The van der Waals surface area contributed by atoms with Crippen molar-refractivity contribution in [2.45, 2.75) is 70.8 Å². The first-order valence-corrected chi connectivity index (χ1v) is 10.6. The van der Waals surface area contributed by atoms with E-state index in [-0.39, 0.29) is 16.9 Å². The van der Waals surface area contributed by atoms with Gasteiger partial charge in [0.25, 0.3) is 0 Å². The lowest BCUT2D eigenvalue weighted by molar-refractivity contribution is 0.157. The maximum absolute atomic E-state index is 10.3. The van der Waals surface area contributed by atoms with Gasteiger partial charge in [-0.15, -0.1) is 0 Å². The van der Waals surface area contributed by atoms with Crippen LogP contribution < -0.4 is 5.32 Å². The van der Waals surface area contributed by atoms with Crippen LogP contribution in [0, 0.1) is 12.3 Å². The molecule has 0 aliphatic heterocycles. The van der Waals surface area contributed by atoms with Crippen molar-refractivity contribution < 1.29 is 5.11 Å². The molecule has 3 atom stereocenters. The number of aliphatic hydroxyl groups is 1. The van der Waals surface area contributed by atoms with Crippen molar-refractivity contribution in [3.8, 4) is 0 Å². The summed E-state index contributed by atoms with van der Waals surface area (Å²) in [5, 5.41) is 13.9. The molecule has 146 valence electrons. The lowest BCUT2D eigenvalue weighted by Gasteiger charge is -2.48. The minimum absolute atomic E-state index is 0.134. The number of hydrogen-bond acceptors (Lipinski definition) is 3. The van der Waals surface area contributed by atoms with Gasteiger partial charge in [-0.1, -0.05) is 31.1 Å². The third-order valence-electron chi connectivity index (χ3n) is 7.72. The number of pyridine rings is 1. The van der Waals surface area contributed by atoms with Crippen molar-refractivity contribution in [1.82, 2.24) is 4.98 Å². The Morgan fingerprint density at radius 3 is 2.79 bits per heavy atom. The minimum atomic E-state index is -0.148. The number of benzene rings is 1. The SMILES string of the molecule is Cc1ccncc1Nc1ccc2c(c1)CCC1=C3C[C@H](O)C[C@]3(C)CC[C@]12C. The maximum Gasteiger partial charge on any atom is 0.0600 e. The fourth-order valence-corrected chi connectivity index (χ4v) is 6.10. The zero-order chi connectivity index (χ0) is 19.5. The Bertz CT molecular complexity index is 978. The average Bonchev–Trinajstić information content (AvgIpc) is 2.97. The summed E-state index contributed by atoms with van der Waals surface area (Å²) in [4.78, 5) is 4.25. The van der Waals surface area contributed by atoms with Gasteiger partial charge in [0.2, 0.25) is 0 Å². The van der Waals surface area contributed by atoms with E-state index in [9.17, 15) is 5.11 Å². The Balaban J connectivity index is 1.52. The lowest BCUT2D eigenvalue weighted by atomic mass is 9.56. The van der Waals surface area contributed by atoms with Crippen LogP contribution in [-0.2, 0) is 11.8 Å². The van der Waals surface area contributed by atoms with E-state index >= 15 is 0 Å². The summed E-state index contributed by atoms with van der Waals surface area (Å²) in [5.41, 5.74) is 9.96. The third kappa shape index (κ3) is 2.63. The number of rotatable bonds is 2. The molecule has 3 aliphatic carbocycles. The summed E-state index contributed by atoms with van der Waals surface area (Å²) < 4.78 is 0. The average molecular weight is 375 g/mol. The molecule has 0 spiro atoms. The van der Waals surface area contributed by atoms with Gasteiger partial charge in [0.1, 0.15) is 0 Å². The van der Waals surface area contributed by atoms with Gasteiger partial charge in [-0.25, -0.2) is 0 Å². The highest BCUT2D eigenvalue weighted by molar-refractivity contribution is 5.65. The topological polar surface area (TPSA) is 45.2 Å². The molecule has 2 aromatic rings. The second kappa shape index (κ2) is 6.18.